The maximum Gasteiger partial charge on any atom is 0.160 e. The summed E-state index contributed by atoms with van der Waals surface area (Å²) in [5.41, 5.74) is 14.4. The number of hydrogen-bond donors (Lipinski definition) is 0. The van der Waals surface area contributed by atoms with Crippen molar-refractivity contribution < 1.29 is 0 Å². The van der Waals surface area contributed by atoms with Crippen LogP contribution in [0.3, 0.4) is 0 Å². The fourth-order valence-corrected chi connectivity index (χ4v) is 10.3. The molecule has 0 fully saturated rings. The van der Waals surface area contributed by atoms with E-state index in [4.69, 9.17) is 9.97 Å². The van der Waals surface area contributed by atoms with Gasteiger partial charge in [-0.25, -0.2) is 9.97 Å². The van der Waals surface area contributed by atoms with E-state index in [-0.39, 0.29) is 10.8 Å². The SMILES string of the molecule is CC1(C)c2ccccc2-c2ccc(-c3nc(-c4ccc5c(c4)C(C)(C)c4cccc6c7c8ccccc8sc7n-5c46)c4ccccc4n3)cc21. The van der Waals surface area contributed by atoms with Crippen molar-refractivity contribution in [2.24, 2.45) is 0 Å². The van der Waals surface area contributed by atoms with E-state index in [1.807, 2.05) is 11.3 Å². The number of benzene rings is 6. The van der Waals surface area contributed by atoms with E-state index < -0.39 is 0 Å². The highest BCUT2D eigenvalue weighted by atomic mass is 32.1. The van der Waals surface area contributed by atoms with Crippen LogP contribution in [0.2, 0.25) is 0 Å². The summed E-state index contributed by atoms with van der Waals surface area (Å²) in [4.78, 5) is 11.9. The van der Waals surface area contributed by atoms with Gasteiger partial charge in [-0.05, 0) is 63.7 Å². The highest BCUT2D eigenvalue weighted by Crippen LogP contribution is 2.52. The molecule has 50 heavy (non-hydrogen) atoms. The van der Waals surface area contributed by atoms with Gasteiger partial charge in [-0.2, -0.15) is 0 Å². The van der Waals surface area contributed by atoms with Gasteiger partial charge in [0.05, 0.1) is 22.4 Å². The minimum Gasteiger partial charge on any atom is -0.300 e. The van der Waals surface area contributed by atoms with E-state index in [2.05, 4.69) is 160 Å². The quantitative estimate of drug-likeness (QED) is 0.185. The van der Waals surface area contributed by atoms with E-state index in [0.29, 0.717) is 0 Å². The first kappa shape index (κ1) is 28.3. The van der Waals surface area contributed by atoms with Crippen LogP contribution in [-0.2, 0) is 10.8 Å². The Morgan fingerprint density at radius 2 is 1.22 bits per heavy atom. The lowest BCUT2D eigenvalue weighted by molar-refractivity contribution is 0.630. The fourth-order valence-electron chi connectivity index (χ4n) is 9.07. The molecule has 4 heterocycles. The standard InChI is InChI=1S/C46H33N3S/c1-45(2)33-16-8-5-12-28(33)29-22-20-27(25-35(29)45)43-47-37-18-9-6-13-30(37)41(48-43)26-21-23-38-36(24-26)46(3,4)34-17-11-15-32-40-31-14-7-10-19-39(31)50-44(40)49(38)42(32)34/h5-25H,1-4H3. The normalized spacial score (nSPS) is 15.1. The molecule has 3 aromatic heterocycles. The Morgan fingerprint density at radius 3 is 2.12 bits per heavy atom. The van der Waals surface area contributed by atoms with E-state index >= 15 is 0 Å². The van der Waals surface area contributed by atoms with Crippen LogP contribution >= 0.6 is 11.3 Å². The van der Waals surface area contributed by atoms with Gasteiger partial charge in [-0.3, -0.25) is 0 Å². The molecule has 0 bridgehead atoms. The molecule has 238 valence electrons. The fraction of sp³-hybridized carbons (Fsp3) is 0.130. The molecule has 0 saturated heterocycles. The molecule has 11 rings (SSSR count). The Kier molecular flexibility index (Phi) is 5.40. The van der Waals surface area contributed by atoms with Crippen LogP contribution in [0.15, 0.2) is 127 Å². The average Bonchev–Trinajstić information content (AvgIpc) is 3.75. The zero-order chi connectivity index (χ0) is 33.5. The molecule has 0 unspecified atom stereocenters. The molecule has 1 aliphatic carbocycles. The van der Waals surface area contributed by atoms with Gasteiger partial charge in [-0.1, -0.05) is 125 Å². The second-order valence-electron chi connectivity index (χ2n) is 15.0. The summed E-state index contributed by atoms with van der Waals surface area (Å²) in [5.74, 6) is 0.759. The van der Waals surface area contributed by atoms with Gasteiger partial charge in [-0.15, -0.1) is 11.3 Å². The van der Waals surface area contributed by atoms with Crippen LogP contribution in [0.25, 0.3) is 81.6 Å². The molecule has 0 radical (unpaired) electrons. The minimum absolute atomic E-state index is 0.0916. The Balaban J connectivity index is 1.13. The zero-order valence-electron chi connectivity index (χ0n) is 28.4. The van der Waals surface area contributed by atoms with Crippen LogP contribution < -0.4 is 0 Å². The van der Waals surface area contributed by atoms with Crippen LogP contribution in [0.1, 0.15) is 49.9 Å². The molecule has 9 aromatic rings. The molecule has 0 N–H and O–H groups in total. The molecule has 0 atom stereocenters. The van der Waals surface area contributed by atoms with E-state index in [1.165, 1.54) is 70.3 Å². The molecular formula is C46H33N3S. The Bertz CT molecular complexity index is 2940. The molecule has 4 heteroatoms. The maximum absolute atomic E-state index is 5.40. The summed E-state index contributed by atoms with van der Waals surface area (Å²) in [6, 6.07) is 46.7. The van der Waals surface area contributed by atoms with Crippen LogP contribution in [0, 0.1) is 0 Å². The number of aromatic nitrogens is 3. The van der Waals surface area contributed by atoms with Crippen molar-refractivity contribution in [1.29, 1.82) is 0 Å². The predicted molar refractivity (Wildman–Crippen MR) is 210 cm³/mol. The Morgan fingerprint density at radius 1 is 0.540 bits per heavy atom. The van der Waals surface area contributed by atoms with Gasteiger partial charge in [0.25, 0.3) is 0 Å². The first-order valence-electron chi connectivity index (χ1n) is 17.4. The number of rotatable bonds is 2. The lowest BCUT2D eigenvalue weighted by Gasteiger charge is -2.35. The molecule has 3 nitrogen and oxygen atoms in total. The summed E-state index contributed by atoms with van der Waals surface area (Å²) in [5, 5.41) is 5.10. The second-order valence-corrected chi connectivity index (χ2v) is 16.0. The molecular weight excluding hydrogens is 627 g/mol. The lowest BCUT2D eigenvalue weighted by atomic mass is 9.74. The number of hydrogen-bond acceptors (Lipinski definition) is 3. The van der Waals surface area contributed by atoms with Crippen molar-refractivity contribution in [1.82, 2.24) is 14.5 Å². The molecule has 2 aliphatic rings. The van der Waals surface area contributed by atoms with Crippen molar-refractivity contribution in [3.05, 3.63) is 150 Å². The summed E-state index contributed by atoms with van der Waals surface area (Å²) >= 11 is 1.89. The van der Waals surface area contributed by atoms with Gasteiger partial charge in [0.2, 0.25) is 0 Å². The number of fused-ring (bicyclic) bond motifs is 11. The first-order chi connectivity index (χ1) is 24.3. The monoisotopic (exact) mass is 659 g/mol. The third-order valence-electron chi connectivity index (χ3n) is 11.6. The Labute approximate surface area is 294 Å². The topological polar surface area (TPSA) is 30.7 Å². The summed E-state index contributed by atoms with van der Waals surface area (Å²) in [6.07, 6.45) is 0. The largest absolute Gasteiger partial charge is 0.300 e. The van der Waals surface area contributed by atoms with Gasteiger partial charge in [0.15, 0.2) is 5.82 Å². The highest BCUT2D eigenvalue weighted by Gasteiger charge is 2.37. The smallest absolute Gasteiger partial charge is 0.160 e. The van der Waals surface area contributed by atoms with Crippen molar-refractivity contribution in [3.8, 4) is 39.5 Å². The first-order valence-corrected chi connectivity index (χ1v) is 18.2. The molecule has 0 amide bonds. The maximum atomic E-state index is 5.40. The van der Waals surface area contributed by atoms with Crippen LogP contribution in [-0.4, -0.2) is 14.5 Å². The van der Waals surface area contributed by atoms with Crippen molar-refractivity contribution in [2.75, 3.05) is 0 Å². The third kappa shape index (κ3) is 3.54. The van der Waals surface area contributed by atoms with Gasteiger partial charge in [0, 0.05) is 48.2 Å². The van der Waals surface area contributed by atoms with Crippen molar-refractivity contribution in [2.45, 2.75) is 38.5 Å². The van der Waals surface area contributed by atoms with Gasteiger partial charge < -0.3 is 4.57 Å². The van der Waals surface area contributed by atoms with Gasteiger partial charge in [0.1, 0.15) is 4.83 Å². The van der Waals surface area contributed by atoms with Gasteiger partial charge >= 0.3 is 0 Å². The second kappa shape index (κ2) is 9.56. The average molecular weight is 660 g/mol. The van der Waals surface area contributed by atoms with Crippen molar-refractivity contribution >= 4 is 53.4 Å². The summed E-state index contributed by atoms with van der Waals surface area (Å²) < 4.78 is 3.86. The number of nitrogens with zero attached hydrogens (tertiary/aromatic N) is 3. The molecule has 1 aliphatic heterocycles. The third-order valence-corrected chi connectivity index (χ3v) is 12.8. The summed E-state index contributed by atoms with van der Waals surface area (Å²) in [7, 11) is 0. The predicted octanol–water partition coefficient (Wildman–Crippen LogP) is 12.2. The number of para-hydroxylation sites is 2. The Hall–Kier alpha value is -5.58. The van der Waals surface area contributed by atoms with E-state index in [9.17, 15) is 0 Å². The molecule has 6 aromatic carbocycles. The molecule has 0 saturated carbocycles. The minimum atomic E-state index is -0.205. The van der Waals surface area contributed by atoms with Crippen molar-refractivity contribution in [3.63, 3.8) is 0 Å². The van der Waals surface area contributed by atoms with E-state index in [1.54, 1.807) is 0 Å². The zero-order valence-corrected chi connectivity index (χ0v) is 29.2. The molecule has 0 spiro atoms. The van der Waals surface area contributed by atoms with Crippen LogP contribution in [0.5, 0.6) is 0 Å². The number of thiophene rings is 1. The lowest BCUT2D eigenvalue weighted by Crippen LogP contribution is -2.26. The van der Waals surface area contributed by atoms with Crippen LogP contribution in [0.4, 0.5) is 0 Å². The summed E-state index contributed by atoms with van der Waals surface area (Å²) in [6.45, 7) is 9.40. The highest BCUT2D eigenvalue weighted by molar-refractivity contribution is 7.25. The van der Waals surface area contributed by atoms with E-state index in [0.717, 1.165) is 33.5 Å².